The van der Waals surface area contributed by atoms with E-state index in [1.807, 2.05) is 0 Å². The molecule has 0 spiro atoms. The maximum Gasteiger partial charge on any atom is 0.00747 e. The Kier molecular flexibility index (Phi) is 5.54. The van der Waals surface area contributed by atoms with Crippen LogP contribution >= 0.6 is 0 Å². The van der Waals surface area contributed by atoms with Crippen molar-refractivity contribution >= 4 is 0 Å². The maximum atomic E-state index is 3.98. The molecule has 2 aliphatic rings. The summed E-state index contributed by atoms with van der Waals surface area (Å²) in [5.41, 5.74) is 0. The summed E-state index contributed by atoms with van der Waals surface area (Å²) in [6.07, 6.45) is 13.1. The molecule has 0 radical (unpaired) electrons. The van der Waals surface area contributed by atoms with Crippen LogP contribution in [0.15, 0.2) is 0 Å². The van der Waals surface area contributed by atoms with E-state index in [0.717, 1.165) is 29.8 Å². The summed E-state index contributed by atoms with van der Waals surface area (Å²) in [6.45, 7) is 7.31. The van der Waals surface area contributed by atoms with Crippen LogP contribution in [0.5, 0.6) is 0 Å². The molecule has 18 heavy (non-hydrogen) atoms. The summed E-state index contributed by atoms with van der Waals surface area (Å²) in [4.78, 5) is 0. The fourth-order valence-corrected chi connectivity index (χ4v) is 4.40. The third kappa shape index (κ3) is 4.26. The Hall–Kier alpha value is -0.0400. The summed E-state index contributed by atoms with van der Waals surface area (Å²) in [6, 6.07) is 1.53. The fraction of sp³-hybridized carbons (Fsp3) is 1.00. The summed E-state index contributed by atoms with van der Waals surface area (Å²) >= 11 is 0. The first-order chi connectivity index (χ1) is 8.65. The van der Waals surface area contributed by atoms with Crippen LogP contribution in [0.1, 0.15) is 78.6 Å². The Labute approximate surface area is 114 Å². The standard InChI is InChI=1S/C17H33N/c1-13-10-14(2)12-17(11-13)18-15(3)16-8-6-4-5-7-9-16/h13-18H,4-12H2,1-3H3/t13?,14?,15-,17?/m1/s1. The molecule has 0 aromatic carbocycles. The molecule has 0 saturated heterocycles. The van der Waals surface area contributed by atoms with E-state index in [1.165, 1.54) is 57.8 Å². The van der Waals surface area contributed by atoms with E-state index < -0.39 is 0 Å². The molecule has 1 nitrogen and oxygen atoms in total. The van der Waals surface area contributed by atoms with E-state index >= 15 is 0 Å². The van der Waals surface area contributed by atoms with Crippen LogP contribution in [-0.4, -0.2) is 12.1 Å². The van der Waals surface area contributed by atoms with E-state index in [9.17, 15) is 0 Å². The second-order valence-corrected chi connectivity index (χ2v) is 7.32. The summed E-state index contributed by atoms with van der Waals surface area (Å²) < 4.78 is 0. The van der Waals surface area contributed by atoms with Crippen LogP contribution in [-0.2, 0) is 0 Å². The van der Waals surface area contributed by atoms with Crippen molar-refractivity contribution in [3.8, 4) is 0 Å². The largest absolute Gasteiger partial charge is 0.311 e. The van der Waals surface area contributed by atoms with E-state index in [1.54, 1.807) is 0 Å². The molecule has 2 saturated carbocycles. The molecule has 0 aromatic heterocycles. The highest BCUT2D eigenvalue weighted by Gasteiger charge is 2.27. The molecule has 1 N–H and O–H groups in total. The Morgan fingerprint density at radius 3 is 1.94 bits per heavy atom. The van der Waals surface area contributed by atoms with Gasteiger partial charge in [0, 0.05) is 12.1 Å². The predicted octanol–water partition coefficient (Wildman–Crippen LogP) is 4.76. The summed E-state index contributed by atoms with van der Waals surface area (Å²) in [5.74, 6) is 2.79. The van der Waals surface area contributed by atoms with Crippen LogP contribution in [0.4, 0.5) is 0 Å². The molecule has 1 heteroatoms. The van der Waals surface area contributed by atoms with Crippen LogP contribution in [0, 0.1) is 17.8 Å². The van der Waals surface area contributed by atoms with Gasteiger partial charge in [0.25, 0.3) is 0 Å². The molecule has 2 fully saturated rings. The minimum Gasteiger partial charge on any atom is -0.311 e. The first-order valence-corrected chi connectivity index (χ1v) is 8.41. The molecule has 106 valence electrons. The van der Waals surface area contributed by atoms with E-state index in [2.05, 4.69) is 26.1 Å². The van der Waals surface area contributed by atoms with E-state index in [-0.39, 0.29) is 0 Å². The lowest BCUT2D eigenvalue weighted by Gasteiger charge is -2.36. The van der Waals surface area contributed by atoms with Crippen molar-refractivity contribution < 1.29 is 0 Å². The molecule has 0 amide bonds. The van der Waals surface area contributed by atoms with Crippen molar-refractivity contribution in [1.82, 2.24) is 5.32 Å². The quantitative estimate of drug-likeness (QED) is 0.713. The van der Waals surface area contributed by atoms with Gasteiger partial charge in [-0.3, -0.25) is 0 Å². The molecule has 0 aromatic rings. The first-order valence-electron chi connectivity index (χ1n) is 8.41. The molecule has 0 heterocycles. The lowest BCUT2D eigenvalue weighted by Crippen LogP contribution is -2.44. The fourth-order valence-electron chi connectivity index (χ4n) is 4.40. The molecule has 3 atom stereocenters. The van der Waals surface area contributed by atoms with Gasteiger partial charge < -0.3 is 5.32 Å². The van der Waals surface area contributed by atoms with Gasteiger partial charge in [-0.15, -0.1) is 0 Å². The highest BCUT2D eigenvalue weighted by molar-refractivity contribution is 4.84. The Morgan fingerprint density at radius 1 is 0.833 bits per heavy atom. The maximum absolute atomic E-state index is 3.98. The van der Waals surface area contributed by atoms with Gasteiger partial charge in [0.2, 0.25) is 0 Å². The van der Waals surface area contributed by atoms with Gasteiger partial charge in [0.05, 0.1) is 0 Å². The summed E-state index contributed by atoms with van der Waals surface area (Å²) in [7, 11) is 0. The van der Waals surface area contributed by atoms with Crippen LogP contribution < -0.4 is 5.32 Å². The van der Waals surface area contributed by atoms with Gasteiger partial charge in [-0.25, -0.2) is 0 Å². The Morgan fingerprint density at radius 2 is 1.39 bits per heavy atom. The van der Waals surface area contributed by atoms with Crippen LogP contribution in [0.3, 0.4) is 0 Å². The number of hydrogen-bond donors (Lipinski definition) is 1. The first kappa shape index (κ1) is 14.4. The number of nitrogens with one attached hydrogen (secondary N) is 1. The van der Waals surface area contributed by atoms with Gasteiger partial charge in [0.15, 0.2) is 0 Å². The summed E-state index contributed by atoms with van der Waals surface area (Å²) in [5, 5.41) is 3.98. The molecule has 2 unspecified atom stereocenters. The number of hydrogen-bond acceptors (Lipinski definition) is 1. The van der Waals surface area contributed by atoms with Gasteiger partial charge >= 0.3 is 0 Å². The second kappa shape index (κ2) is 6.93. The molecule has 2 rings (SSSR count). The highest BCUT2D eigenvalue weighted by Crippen LogP contribution is 2.31. The Bertz CT molecular complexity index is 220. The molecule has 2 aliphatic carbocycles. The van der Waals surface area contributed by atoms with Crippen molar-refractivity contribution in [2.24, 2.45) is 17.8 Å². The average molecular weight is 251 g/mol. The van der Waals surface area contributed by atoms with Crippen molar-refractivity contribution in [1.29, 1.82) is 0 Å². The highest BCUT2D eigenvalue weighted by atomic mass is 15.0. The SMILES string of the molecule is CC1CC(C)CC(N[C@H](C)C2CCCCCC2)C1. The van der Waals surface area contributed by atoms with Crippen molar-refractivity contribution in [3.05, 3.63) is 0 Å². The van der Waals surface area contributed by atoms with Gasteiger partial charge in [-0.05, 0) is 56.8 Å². The Balaban J connectivity index is 1.80. The minimum absolute atomic E-state index is 0.741. The molecular weight excluding hydrogens is 218 g/mol. The van der Waals surface area contributed by atoms with Crippen molar-refractivity contribution in [2.75, 3.05) is 0 Å². The third-order valence-corrected chi connectivity index (χ3v) is 5.28. The van der Waals surface area contributed by atoms with Crippen LogP contribution in [0.25, 0.3) is 0 Å². The molecule has 0 aliphatic heterocycles. The monoisotopic (exact) mass is 251 g/mol. The zero-order valence-corrected chi connectivity index (χ0v) is 12.8. The lowest BCUT2D eigenvalue weighted by molar-refractivity contribution is 0.206. The van der Waals surface area contributed by atoms with Crippen LogP contribution in [0.2, 0.25) is 0 Å². The lowest BCUT2D eigenvalue weighted by atomic mass is 9.79. The zero-order valence-electron chi connectivity index (χ0n) is 12.8. The topological polar surface area (TPSA) is 12.0 Å². The zero-order chi connectivity index (χ0) is 13.0. The van der Waals surface area contributed by atoms with Gasteiger partial charge in [-0.2, -0.15) is 0 Å². The van der Waals surface area contributed by atoms with Crippen molar-refractivity contribution in [2.45, 2.75) is 90.6 Å². The number of rotatable bonds is 3. The van der Waals surface area contributed by atoms with E-state index in [0.29, 0.717) is 0 Å². The second-order valence-electron chi connectivity index (χ2n) is 7.32. The molecular formula is C17H33N. The average Bonchev–Trinajstić information content (AvgIpc) is 2.55. The predicted molar refractivity (Wildman–Crippen MR) is 79.8 cm³/mol. The normalized spacial score (nSPS) is 37.2. The smallest absolute Gasteiger partial charge is 0.00747 e. The minimum atomic E-state index is 0.741. The van der Waals surface area contributed by atoms with Gasteiger partial charge in [0.1, 0.15) is 0 Å². The molecule has 0 bridgehead atoms. The van der Waals surface area contributed by atoms with Crippen molar-refractivity contribution in [3.63, 3.8) is 0 Å². The van der Waals surface area contributed by atoms with Gasteiger partial charge in [-0.1, -0.05) is 39.5 Å². The van der Waals surface area contributed by atoms with E-state index in [4.69, 9.17) is 0 Å². The third-order valence-electron chi connectivity index (χ3n) is 5.28.